The topological polar surface area (TPSA) is 55.6 Å². The number of amides is 1. The van der Waals surface area contributed by atoms with Gasteiger partial charge in [0.15, 0.2) is 0 Å². The molecule has 0 bridgehead atoms. The van der Waals surface area contributed by atoms with E-state index in [-0.39, 0.29) is 17.1 Å². The molecule has 1 saturated heterocycles. The monoisotopic (exact) mass is 340 g/mol. The first kappa shape index (κ1) is 15.3. The maximum Gasteiger partial charge on any atom is 0.254 e. The zero-order valence-electron chi connectivity index (χ0n) is 12.4. The van der Waals surface area contributed by atoms with Crippen LogP contribution in [0.4, 0.5) is 5.69 Å². The normalized spacial score (nSPS) is 20.8. The molecule has 4 nitrogen and oxygen atoms in total. The second kappa shape index (κ2) is 5.04. The van der Waals surface area contributed by atoms with E-state index in [1.165, 1.54) is 0 Å². The van der Waals surface area contributed by atoms with Gasteiger partial charge in [0.25, 0.3) is 5.91 Å². The Morgan fingerprint density at radius 3 is 2.30 bits per heavy atom. The first-order valence-electron chi connectivity index (χ1n) is 6.64. The minimum absolute atomic E-state index is 0.00940. The molecular formula is C15H21BrN2O2. The van der Waals surface area contributed by atoms with Gasteiger partial charge in [-0.25, -0.2) is 0 Å². The third-order valence-corrected chi connectivity index (χ3v) is 3.92. The number of carbonyl (C=O) groups excluding carboxylic acids is 1. The molecule has 2 rings (SSSR count). The Hall–Kier alpha value is -1.07. The van der Waals surface area contributed by atoms with Crippen molar-refractivity contribution < 1.29 is 9.53 Å². The molecule has 5 heteroatoms. The van der Waals surface area contributed by atoms with Crippen LogP contribution in [0.15, 0.2) is 22.7 Å². The van der Waals surface area contributed by atoms with Crippen molar-refractivity contribution in [1.29, 1.82) is 0 Å². The number of hydrogen-bond donors (Lipinski definition) is 1. The van der Waals surface area contributed by atoms with E-state index in [4.69, 9.17) is 10.5 Å². The molecule has 1 aliphatic heterocycles. The van der Waals surface area contributed by atoms with Gasteiger partial charge in [-0.15, -0.1) is 0 Å². The molecule has 1 aliphatic rings. The Bertz CT molecular complexity index is 525. The summed E-state index contributed by atoms with van der Waals surface area (Å²) >= 11 is 3.36. The van der Waals surface area contributed by atoms with Gasteiger partial charge in [0.05, 0.1) is 11.2 Å². The Morgan fingerprint density at radius 2 is 1.80 bits per heavy atom. The summed E-state index contributed by atoms with van der Waals surface area (Å²) in [6, 6.07) is 5.28. The van der Waals surface area contributed by atoms with Gasteiger partial charge in [-0.3, -0.25) is 4.79 Å². The number of benzene rings is 1. The van der Waals surface area contributed by atoms with Crippen molar-refractivity contribution in [2.45, 2.75) is 38.9 Å². The van der Waals surface area contributed by atoms with Crippen LogP contribution >= 0.6 is 15.9 Å². The van der Waals surface area contributed by atoms with E-state index < -0.39 is 0 Å². The summed E-state index contributed by atoms with van der Waals surface area (Å²) < 4.78 is 6.74. The van der Waals surface area contributed by atoms with E-state index in [2.05, 4.69) is 15.9 Å². The fourth-order valence-corrected chi connectivity index (χ4v) is 3.15. The molecule has 0 atom stereocenters. The van der Waals surface area contributed by atoms with Crippen LogP contribution in [-0.4, -0.2) is 35.1 Å². The number of anilines is 1. The SMILES string of the molecule is CC1(C)CN(C(=O)c2ccc(N)c(Br)c2)CC(C)(C)O1. The van der Waals surface area contributed by atoms with E-state index >= 15 is 0 Å². The van der Waals surface area contributed by atoms with Crippen molar-refractivity contribution in [3.8, 4) is 0 Å². The summed E-state index contributed by atoms with van der Waals surface area (Å²) in [5.74, 6) is 0.00940. The minimum Gasteiger partial charge on any atom is -0.398 e. The highest BCUT2D eigenvalue weighted by Crippen LogP contribution is 2.29. The van der Waals surface area contributed by atoms with E-state index in [0.29, 0.717) is 24.3 Å². The number of ether oxygens (including phenoxy) is 1. The zero-order chi connectivity index (χ0) is 15.1. The third kappa shape index (κ3) is 3.33. The fourth-order valence-electron chi connectivity index (χ4n) is 2.77. The first-order valence-corrected chi connectivity index (χ1v) is 7.43. The van der Waals surface area contributed by atoms with Gasteiger partial charge >= 0.3 is 0 Å². The van der Waals surface area contributed by atoms with Crippen molar-refractivity contribution in [2.75, 3.05) is 18.8 Å². The lowest BCUT2D eigenvalue weighted by Crippen LogP contribution is -2.58. The van der Waals surface area contributed by atoms with Gasteiger partial charge < -0.3 is 15.4 Å². The van der Waals surface area contributed by atoms with Crippen molar-refractivity contribution in [1.82, 2.24) is 4.90 Å². The average Bonchev–Trinajstić information content (AvgIpc) is 2.27. The van der Waals surface area contributed by atoms with Crippen LogP contribution in [0.1, 0.15) is 38.1 Å². The fraction of sp³-hybridized carbons (Fsp3) is 0.533. The summed E-state index contributed by atoms with van der Waals surface area (Å²) in [6.07, 6.45) is 0. The number of morpholine rings is 1. The molecule has 0 saturated carbocycles. The first-order chi connectivity index (χ1) is 9.10. The lowest BCUT2D eigenvalue weighted by atomic mass is 9.98. The van der Waals surface area contributed by atoms with Gasteiger partial charge in [0.1, 0.15) is 0 Å². The van der Waals surface area contributed by atoms with E-state index in [0.717, 1.165) is 4.47 Å². The molecule has 0 aromatic heterocycles. The second-order valence-electron chi connectivity index (χ2n) is 6.52. The number of nitrogens with two attached hydrogens (primary N) is 1. The quantitative estimate of drug-likeness (QED) is 0.799. The van der Waals surface area contributed by atoms with Crippen LogP contribution in [0.5, 0.6) is 0 Å². The van der Waals surface area contributed by atoms with Gasteiger partial charge in [-0.05, 0) is 61.8 Å². The lowest BCUT2D eigenvalue weighted by molar-refractivity contribution is -0.171. The smallest absolute Gasteiger partial charge is 0.254 e. The van der Waals surface area contributed by atoms with Gasteiger partial charge in [0, 0.05) is 28.8 Å². The molecule has 1 aromatic carbocycles. The molecule has 20 heavy (non-hydrogen) atoms. The molecule has 1 amide bonds. The molecule has 110 valence electrons. The number of halogens is 1. The van der Waals surface area contributed by atoms with Gasteiger partial charge in [-0.2, -0.15) is 0 Å². The highest BCUT2D eigenvalue weighted by molar-refractivity contribution is 9.10. The molecule has 1 aromatic rings. The predicted octanol–water partition coefficient (Wildman–Crippen LogP) is 3.06. The highest BCUT2D eigenvalue weighted by Gasteiger charge is 2.40. The van der Waals surface area contributed by atoms with Crippen LogP contribution in [0.25, 0.3) is 0 Å². The molecule has 0 spiro atoms. The van der Waals surface area contributed by atoms with E-state index in [9.17, 15) is 4.79 Å². The molecular weight excluding hydrogens is 320 g/mol. The minimum atomic E-state index is -0.345. The van der Waals surface area contributed by atoms with Gasteiger partial charge in [-0.1, -0.05) is 0 Å². The third-order valence-electron chi connectivity index (χ3n) is 3.23. The standard InChI is InChI=1S/C15H21BrN2O2/c1-14(2)8-18(9-15(3,4)20-14)13(19)10-5-6-12(17)11(16)7-10/h5-7H,8-9,17H2,1-4H3. The molecule has 1 heterocycles. The van der Waals surface area contributed by atoms with E-state index in [1.54, 1.807) is 18.2 Å². The number of carbonyl (C=O) groups is 1. The summed E-state index contributed by atoms with van der Waals surface area (Å²) in [5, 5.41) is 0. The molecule has 0 unspecified atom stereocenters. The number of nitrogen functional groups attached to an aromatic ring is 1. The number of nitrogens with zero attached hydrogens (tertiary/aromatic N) is 1. The molecule has 2 N–H and O–H groups in total. The van der Waals surface area contributed by atoms with Crippen LogP contribution < -0.4 is 5.73 Å². The second-order valence-corrected chi connectivity index (χ2v) is 7.37. The Balaban J connectivity index is 2.26. The van der Waals surface area contributed by atoms with Crippen molar-refractivity contribution in [2.24, 2.45) is 0 Å². The van der Waals surface area contributed by atoms with Crippen LogP contribution in [0, 0.1) is 0 Å². The van der Waals surface area contributed by atoms with Crippen LogP contribution in [0.2, 0.25) is 0 Å². The summed E-state index contributed by atoms with van der Waals surface area (Å²) in [4.78, 5) is 14.5. The Morgan fingerprint density at radius 1 is 1.25 bits per heavy atom. The maximum atomic E-state index is 12.6. The van der Waals surface area contributed by atoms with E-state index in [1.807, 2.05) is 32.6 Å². The summed E-state index contributed by atoms with van der Waals surface area (Å²) in [5.41, 5.74) is 6.34. The van der Waals surface area contributed by atoms with Crippen LogP contribution in [-0.2, 0) is 4.74 Å². The lowest BCUT2D eigenvalue weighted by Gasteiger charge is -2.47. The average molecular weight is 341 g/mol. The van der Waals surface area contributed by atoms with Gasteiger partial charge in [0.2, 0.25) is 0 Å². The number of rotatable bonds is 1. The van der Waals surface area contributed by atoms with Crippen molar-refractivity contribution in [3.63, 3.8) is 0 Å². The summed E-state index contributed by atoms with van der Waals surface area (Å²) in [7, 11) is 0. The number of hydrogen-bond acceptors (Lipinski definition) is 3. The highest BCUT2D eigenvalue weighted by atomic mass is 79.9. The maximum absolute atomic E-state index is 12.6. The zero-order valence-corrected chi connectivity index (χ0v) is 14.0. The van der Waals surface area contributed by atoms with Crippen molar-refractivity contribution in [3.05, 3.63) is 28.2 Å². The van der Waals surface area contributed by atoms with Crippen molar-refractivity contribution >= 4 is 27.5 Å². The van der Waals surface area contributed by atoms with Crippen LogP contribution in [0.3, 0.4) is 0 Å². The predicted molar refractivity (Wildman–Crippen MR) is 83.7 cm³/mol. The molecule has 0 aliphatic carbocycles. The molecule has 0 radical (unpaired) electrons. The Labute approximate surface area is 128 Å². The largest absolute Gasteiger partial charge is 0.398 e. The molecule has 1 fully saturated rings. The Kier molecular flexibility index (Phi) is 3.86. The summed E-state index contributed by atoms with van der Waals surface area (Å²) in [6.45, 7) is 9.19.